The second-order valence-electron chi connectivity index (χ2n) is 9.61. The number of amides is 1. The van der Waals surface area contributed by atoms with Gasteiger partial charge < -0.3 is 20.3 Å². The molecule has 0 spiro atoms. The lowest BCUT2D eigenvalue weighted by Gasteiger charge is -2.29. The van der Waals surface area contributed by atoms with E-state index in [4.69, 9.17) is 31.9 Å². The van der Waals surface area contributed by atoms with Crippen LogP contribution in [0.4, 0.5) is 0 Å². The molecule has 0 aliphatic carbocycles. The van der Waals surface area contributed by atoms with E-state index in [2.05, 4.69) is 29.2 Å². The van der Waals surface area contributed by atoms with E-state index in [1.54, 1.807) is 18.2 Å². The number of halogens is 1. The van der Waals surface area contributed by atoms with Crippen LogP contribution >= 0.6 is 11.6 Å². The van der Waals surface area contributed by atoms with Gasteiger partial charge in [-0.1, -0.05) is 90.5 Å². The molecule has 4 rings (SSSR count). The summed E-state index contributed by atoms with van der Waals surface area (Å²) >= 11 is 6.30. The molecule has 0 unspecified atom stereocenters. The molecule has 0 atom stereocenters. The minimum absolute atomic E-state index is 0.112. The van der Waals surface area contributed by atoms with Gasteiger partial charge in [-0.05, 0) is 41.8 Å². The van der Waals surface area contributed by atoms with Gasteiger partial charge in [-0.2, -0.15) is 0 Å². The van der Waals surface area contributed by atoms with Gasteiger partial charge in [0.1, 0.15) is 11.5 Å². The summed E-state index contributed by atoms with van der Waals surface area (Å²) in [5.74, 6) is -0.422. The highest BCUT2D eigenvalue weighted by atomic mass is 35.5. The summed E-state index contributed by atoms with van der Waals surface area (Å²) in [7, 11) is 0. The van der Waals surface area contributed by atoms with Crippen LogP contribution in [-0.4, -0.2) is 48.2 Å². The molecule has 4 aromatic rings. The average Bonchev–Trinajstić information content (AvgIpc) is 2.98. The highest BCUT2D eigenvalue weighted by Gasteiger charge is 2.20. The number of rotatable bonds is 15. The Balaban J connectivity index is 1.53. The van der Waals surface area contributed by atoms with Gasteiger partial charge in [-0.25, -0.2) is 4.79 Å². The Morgan fingerprint density at radius 1 is 0.829 bits per heavy atom. The van der Waals surface area contributed by atoms with Crippen LogP contribution in [0.5, 0.6) is 11.5 Å². The van der Waals surface area contributed by atoms with Crippen molar-refractivity contribution in [2.75, 3.05) is 26.3 Å². The fourth-order valence-corrected chi connectivity index (χ4v) is 4.90. The fourth-order valence-electron chi connectivity index (χ4n) is 4.66. The molecule has 4 aromatic carbocycles. The number of benzene rings is 4. The topological polar surface area (TPSA) is 102 Å². The van der Waals surface area contributed by atoms with Gasteiger partial charge in [0.15, 0.2) is 6.61 Å². The molecular formula is C33H33ClN2O5. The van der Waals surface area contributed by atoms with E-state index in [9.17, 15) is 9.59 Å². The summed E-state index contributed by atoms with van der Waals surface area (Å²) in [6.45, 7) is 1.97. The maximum Gasteiger partial charge on any atom is 0.341 e. The van der Waals surface area contributed by atoms with Crippen LogP contribution < -0.4 is 15.2 Å². The SMILES string of the molecule is NC(=O)c1ccc(OCCCN(Cc2ccccc2OCC(=O)O)CC(c2ccccc2)c2ccccc2)c(Cl)c1. The predicted molar refractivity (Wildman–Crippen MR) is 160 cm³/mol. The molecule has 1 amide bonds. The molecule has 0 saturated heterocycles. The second kappa shape index (κ2) is 14.9. The van der Waals surface area contributed by atoms with Gasteiger partial charge in [0.2, 0.25) is 5.91 Å². The third-order valence-corrected chi connectivity index (χ3v) is 6.95. The molecule has 0 saturated carbocycles. The Morgan fingerprint density at radius 3 is 2.07 bits per heavy atom. The highest BCUT2D eigenvalue weighted by Crippen LogP contribution is 2.29. The summed E-state index contributed by atoms with van der Waals surface area (Å²) in [4.78, 5) is 24.9. The normalized spacial score (nSPS) is 11.0. The smallest absolute Gasteiger partial charge is 0.341 e. The molecule has 0 radical (unpaired) electrons. The van der Waals surface area contributed by atoms with Crippen molar-refractivity contribution in [1.29, 1.82) is 0 Å². The molecule has 7 nitrogen and oxygen atoms in total. The molecule has 0 fully saturated rings. The predicted octanol–water partition coefficient (Wildman–Crippen LogP) is 6.01. The zero-order valence-electron chi connectivity index (χ0n) is 22.6. The number of hydrogen-bond donors (Lipinski definition) is 2. The Morgan fingerprint density at radius 2 is 1.46 bits per heavy atom. The molecule has 0 aliphatic heterocycles. The summed E-state index contributed by atoms with van der Waals surface area (Å²) in [5, 5.41) is 9.47. The standard InChI is InChI=1S/C33H33ClN2O5/c34-29-20-26(33(35)39)16-17-31(29)40-19-9-18-36(21-27-14-7-8-15-30(27)41-23-32(37)38)22-28(24-10-3-1-4-11-24)25-12-5-2-6-13-25/h1-8,10-17,20,28H,9,18-19,21-23H2,(H2,35,39)(H,37,38). The lowest BCUT2D eigenvalue weighted by atomic mass is 9.90. The maximum atomic E-state index is 11.4. The van der Waals surface area contributed by atoms with Crippen molar-refractivity contribution in [1.82, 2.24) is 4.90 Å². The number of carbonyl (C=O) groups is 2. The first-order valence-corrected chi connectivity index (χ1v) is 13.8. The minimum atomic E-state index is -1.02. The van der Waals surface area contributed by atoms with Crippen LogP contribution in [-0.2, 0) is 11.3 Å². The van der Waals surface area contributed by atoms with Crippen LogP contribution in [0.1, 0.15) is 39.4 Å². The molecule has 0 aliphatic rings. The Kier molecular flexibility index (Phi) is 10.8. The molecule has 41 heavy (non-hydrogen) atoms. The van der Waals surface area contributed by atoms with Crippen LogP contribution in [0.2, 0.25) is 5.02 Å². The molecule has 8 heteroatoms. The number of carbonyl (C=O) groups excluding carboxylic acids is 1. The third kappa shape index (κ3) is 8.83. The van der Waals surface area contributed by atoms with Gasteiger partial charge in [0.25, 0.3) is 0 Å². The number of aliphatic carboxylic acids is 1. The zero-order valence-corrected chi connectivity index (χ0v) is 23.4. The number of carboxylic acids is 1. The number of primary amides is 1. The quantitative estimate of drug-likeness (QED) is 0.169. The first-order chi connectivity index (χ1) is 19.9. The largest absolute Gasteiger partial charge is 0.492 e. The van der Waals surface area contributed by atoms with Crippen molar-refractivity contribution in [3.63, 3.8) is 0 Å². The monoisotopic (exact) mass is 572 g/mol. The number of para-hydroxylation sites is 1. The van der Waals surface area contributed by atoms with Crippen molar-refractivity contribution in [3.8, 4) is 11.5 Å². The first kappa shape index (κ1) is 29.6. The number of nitrogens with two attached hydrogens (primary N) is 1. The van der Waals surface area contributed by atoms with E-state index in [1.807, 2.05) is 54.6 Å². The molecular weight excluding hydrogens is 540 g/mol. The number of carboxylic acid groups (broad SMARTS) is 1. The molecule has 0 aromatic heterocycles. The van der Waals surface area contributed by atoms with Crippen molar-refractivity contribution in [3.05, 3.63) is 130 Å². The van der Waals surface area contributed by atoms with Crippen molar-refractivity contribution in [2.45, 2.75) is 18.9 Å². The maximum absolute atomic E-state index is 11.4. The lowest BCUT2D eigenvalue weighted by molar-refractivity contribution is -0.139. The van der Waals surface area contributed by atoms with Crippen LogP contribution in [0.25, 0.3) is 0 Å². The third-order valence-electron chi connectivity index (χ3n) is 6.66. The van der Waals surface area contributed by atoms with Crippen LogP contribution in [0.15, 0.2) is 103 Å². The Labute approximate surface area is 245 Å². The van der Waals surface area contributed by atoms with E-state index in [0.29, 0.717) is 48.2 Å². The van der Waals surface area contributed by atoms with Crippen molar-refractivity contribution < 1.29 is 24.2 Å². The van der Waals surface area contributed by atoms with Crippen LogP contribution in [0, 0.1) is 0 Å². The van der Waals surface area contributed by atoms with E-state index in [1.165, 1.54) is 17.2 Å². The summed E-state index contributed by atoms with van der Waals surface area (Å²) < 4.78 is 11.5. The Bertz CT molecular complexity index is 1390. The van der Waals surface area contributed by atoms with Gasteiger partial charge >= 0.3 is 5.97 Å². The molecule has 3 N–H and O–H groups in total. The number of nitrogens with zero attached hydrogens (tertiary/aromatic N) is 1. The summed E-state index contributed by atoms with van der Waals surface area (Å²) in [6.07, 6.45) is 0.697. The van der Waals surface area contributed by atoms with E-state index >= 15 is 0 Å². The first-order valence-electron chi connectivity index (χ1n) is 13.4. The van der Waals surface area contributed by atoms with Gasteiger partial charge in [-0.15, -0.1) is 0 Å². The molecule has 0 bridgehead atoms. The molecule has 212 valence electrons. The van der Waals surface area contributed by atoms with E-state index in [0.717, 1.165) is 12.1 Å². The van der Waals surface area contributed by atoms with Gasteiger partial charge in [0, 0.05) is 36.7 Å². The van der Waals surface area contributed by atoms with Gasteiger partial charge in [-0.3, -0.25) is 9.69 Å². The summed E-state index contributed by atoms with van der Waals surface area (Å²) in [6, 6.07) is 33.0. The number of hydrogen-bond acceptors (Lipinski definition) is 5. The highest BCUT2D eigenvalue weighted by molar-refractivity contribution is 6.32. The zero-order chi connectivity index (χ0) is 29.0. The van der Waals surface area contributed by atoms with E-state index in [-0.39, 0.29) is 5.92 Å². The second-order valence-corrected chi connectivity index (χ2v) is 10.0. The molecule has 0 heterocycles. The van der Waals surface area contributed by atoms with Crippen LogP contribution in [0.3, 0.4) is 0 Å². The van der Waals surface area contributed by atoms with Crippen molar-refractivity contribution in [2.24, 2.45) is 5.73 Å². The lowest BCUT2D eigenvalue weighted by Crippen LogP contribution is -2.31. The van der Waals surface area contributed by atoms with Crippen molar-refractivity contribution >= 4 is 23.5 Å². The number of ether oxygens (including phenoxy) is 2. The average molecular weight is 573 g/mol. The minimum Gasteiger partial charge on any atom is -0.492 e. The van der Waals surface area contributed by atoms with E-state index < -0.39 is 18.5 Å². The Hall–Kier alpha value is -4.33. The van der Waals surface area contributed by atoms with Gasteiger partial charge in [0.05, 0.1) is 11.6 Å². The fraction of sp³-hybridized carbons (Fsp3) is 0.212. The summed E-state index contributed by atoms with van der Waals surface area (Å²) in [5.41, 5.74) is 8.97.